The first-order valence-corrected chi connectivity index (χ1v) is 6.36. The van der Waals surface area contributed by atoms with Crippen molar-refractivity contribution < 1.29 is 10.2 Å². The summed E-state index contributed by atoms with van der Waals surface area (Å²) in [5.74, 6) is 0. The summed E-state index contributed by atoms with van der Waals surface area (Å²) in [4.78, 5) is 0. The third kappa shape index (κ3) is 4.20. The molecule has 0 bridgehead atoms. The number of hydrogen-bond acceptors (Lipinski definition) is 4. The van der Waals surface area contributed by atoms with E-state index in [-0.39, 0.29) is 12.2 Å². The van der Waals surface area contributed by atoms with Crippen molar-refractivity contribution in [2.45, 2.75) is 39.9 Å². The van der Waals surface area contributed by atoms with Gasteiger partial charge in [-0.2, -0.15) is 0 Å². The van der Waals surface area contributed by atoms with Gasteiger partial charge in [0.15, 0.2) is 0 Å². The van der Waals surface area contributed by atoms with E-state index in [2.05, 4.69) is 10.6 Å². The van der Waals surface area contributed by atoms with Crippen molar-refractivity contribution in [1.29, 1.82) is 0 Å². The highest BCUT2D eigenvalue weighted by Gasteiger charge is 2.08. The number of aliphatic hydroxyl groups excluding tert-OH is 2. The van der Waals surface area contributed by atoms with E-state index in [1.807, 2.05) is 26.0 Å². The van der Waals surface area contributed by atoms with Gasteiger partial charge in [0.05, 0.1) is 12.2 Å². The summed E-state index contributed by atoms with van der Waals surface area (Å²) >= 11 is 0. The van der Waals surface area contributed by atoms with E-state index in [1.165, 1.54) is 0 Å². The van der Waals surface area contributed by atoms with Crippen LogP contribution in [-0.4, -0.2) is 35.5 Å². The molecule has 0 heterocycles. The van der Waals surface area contributed by atoms with Crippen molar-refractivity contribution >= 4 is 11.4 Å². The molecule has 0 amide bonds. The molecule has 0 radical (unpaired) electrons. The second kappa shape index (κ2) is 6.61. The van der Waals surface area contributed by atoms with Crippen LogP contribution in [0.2, 0.25) is 0 Å². The molecular formula is C14H24N2O2. The van der Waals surface area contributed by atoms with Crippen LogP contribution in [-0.2, 0) is 0 Å². The lowest BCUT2D eigenvalue weighted by Gasteiger charge is -2.18. The summed E-state index contributed by atoms with van der Waals surface area (Å²) < 4.78 is 0. The molecule has 0 spiro atoms. The number of hydrogen-bond donors (Lipinski definition) is 4. The van der Waals surface area contributed by atoms with Crippen LogP contribution in [0.3, 0.4) is 0 Å². The van der Waals surface area contributed by atoms with Crippen molar-refractivity contribution in [3.63, 3.8) is 0 Å². The fourth-order valence-corrected chi connectivity index (χ4v) is 1.82. The molecule has 1 aromatic carbocycles. The molecule has 4 N–H and O–H groups in total. The standard InChI is InChI=1S/C14H24N2O2/c1-9-5-6-13(15-7-10(2)17)12(4)14(9)16-8-11(3)18/h5-6,10-11,15-18H,7-8H2,1-4H3. The summed E-state index contributed by atoms with van der Waals surface area (Å²) in [7, 11) is 0. The van der Waals surface area contributed by atoms with Crippen LogP contribution in [0.15, 0.2) is 12.1 Å². The molecule has 0 saturated carbocycles. The Labute approximate surface area is 109 Å². The lowest BCUT2D eigenvalue weighted by Crippen LogP contribution is -2.18. The Balaban J connectivity index is 2.85. The maximum Gasteiger partial charge on any atom is 0.0684 e. The van der Waals surface area contributed by atoms with Crippen LogP contribution in [0.25, 0.3) is 0 Å². The Morgan fingerprint density at radius 1 is 1.00 bits per heavy atom. The Kier molecular flexibility index (Phi) is 5.44. The van der Waals surface area contributed by atoms with Gasteiger partial charge in [-0.15, -0.1) is 0 Å². The topological polar surface area (TPSA) is 64.5 Å². The van der Waals surface area contributed by atoms with Crippen molar-refractivity contribution in [3.8, 4) is 0 Å². The number of aliphatic hydroxyl groups is 2. The molecule has 4 heteroatoms. The highest BCUT2D eigenvalue weighted by Crippen LogP contribution is 2.27. The number of nitrogens with one attached hydrogen (secondary N) is 2. The zero-order valence-corrected chi connectivity index (χ0v) is 11.6. The summed E-state index contributed by atoms with van der Waals surface area (Å²) in [6.45, 7) is 8.63. The minimum atomic E-state index is -0.377. The molecule has 0 aliphatic rings. The smallest absolute Gasteiger partial charge is 0.0684 e. The van der Waals surface area contributed by atoms with Crippen LogP contribution in [0.4, 0.5) is 11.4 Å². The monoisotopic (exact) mass is 252 g/mol. The first-order valence-electron chi connectivity index (χ1n) is 6.36. The average Bonchev–Trinajstić information content (AvgIpc) is 2.27. The molecule has 4 nitrogen and oxygen atoms in total. The van der Waals surface area contributed by atoms with Gasteiger partial charge in [0.25, 0.3) is 0 Å². The molecular weight excluding hydrogens is 228 g/mol. The van der Waals surface area contributed by atoms with E-state index < -0.39 is 0 Å². The van der Waals surface area contributed by atoms with Crippen molar-refractivity contribution in [1.82, 2.24) is 0 Å². The lowest BCUT2D eigenvalue weighted by molar-refractivity contribution is 0.208. The molecule has 18 heavy (non-hydrogen) atoms. The first kappa shape index (κ1) is 14.8. The average molecular weight is 252 g/mol. The fourth-order valence-electron chi connectivity index (χ4n) is 1.82. The lowest BCUT2D eigenvalue weighted by atomic mass is 10.1. The van der Waals surface area contributed by atoms with Crippen molar-refractivity contribution in [2.24, 2.45) is 0 Å². The summed E-state index contributed by atoms with van der Waals surface area (Å²) in [5.41, 5.74) is 4.31. The van der Waals surface area contributed by atoms with Gasteiger partial charge in [0.2, 0.25) is 0 Å². The minimum absolute atomic E-state index is 0.375. The fraction of sp³-hybridized carbons (Fsp3) is 0.571. The van der Waals surface area contributed by atoms with Crippen LogP contribution in [0.5, 0.6) is 0 Å². The minimum Gasteiger partial charge on any atom is -0.392 e. The van der Waals surface area contributed by atoms with Gasteiger partial charge >= 0.3 is 0 Å². The van der Waals surface area contributed by atoms with E-state index in [4.69, 9.17) is 0 Å². The maximum atomic E-state index is 9.33. The van der Waals surface area contributed by atoms with Crippen LogP contribution in [0.1, 0.15) is 25.0 Å². The van der Waals surface area contributed by atoms with Gasteiger partial charge in [0, 0.05) is 24.5 Å². The number of rotatable bonds is 6. The van der Waals surface area contributed by atoms with E-state index >= 15 is 0 Å². The summed E-state index contributed by atoms with van der Waals surface area (Å²) in [5, 5.41) is 25.1. The molecule has 0 fully saturated rings. The quantitative estimate of drug-likeness (QED) is 0.624. The second-order valence-electron chi connectivity index (χ2n) is 4.89. The predicted molar refractivity (Wildman–Crippen MR) is 76.3 cm³/mol. The Morgan fingerprint density at radius 2 is 1.56 bits per heavy atom. The van der Waals surface area contributed by atoms with Gasteiger partial charge in [-0.1, -0.05) is 6.07 Å². The number of benzene rings is 1. The zero-order valence-electron chi connectivity index (χ0n) is 11.6. The second-order valence-corrected chi connectivity index (χ2v) is 4.89. The molecule has 2 atom stereocenters. The maximum absolute atomic E-state index is 9.33. The molecule has 102 valence electrons. The van der Waals surface area contributed by atoms with E-state index in [9.17, 15) is 10.2 Å². The number of anilines is 2. The molecule has 0 aliphatic carbocycles. The molecule has 0 saturated heterocycles. The normalized spacial score (nSPS) is 14.1. The number of aryl methyl sites for hydroxylation is 1. The van der Waals surface area contributed by atoms with E-state index in [0.717, 1.165) is 22.5 Å². The third-order valence-electron chi connectivity index (χ3n) is 2.84. The van der Waals surface area contributed by atoms with Gasteiger partial charge in [0.1, 0.15) is 0 Å². The largest absolute Gasteiger partial charge is 0.392 e. The molecule has 0 aliphatic heterocycles. The van der Waals surface area contributed by atoms with Gasteiger partial charge in [-0.05, 0) is 44.9 Å². The van der Waals surface area contributed by atoms with Gasteiger partial charge < -0.3 is 20.8 Å². The molecule has 1 rings (SSSR count). The van der Waals surface area contributed by atoms with E-state index in [0.29, 0.717) is 13.1 Å². The van der Waals surface area contributed by atoms with Crippen LogP contribution < -0.4 is 10.6 Å². The Morgan fingerprint density at radius 3 is 2.11 bits per heavy atom. The van der Waals surface area contributed by atoms with Gasteiger partial charge in [-0.25, -0.2) is 0 Å². The van der Waals surface area contributed by atoms with Crippen molar-refractivity contribution in [3.05, 3.63) is 23.3 Å². The molecule has 0 aromatic heterocycles. The SMILES string of the molecule is Cc1ccc(NCC(C)O)c(C)c1NCC(C)O. The summed E-state index contributed by atoms with van der Waals surface area (Å²) in [6.07, 6.45) is -0.752. The molecule has 1 aromatic rings. The first-order chi connectivity index (χ1) is 8.41. The molecule has 2 unspecified atom stereocenters. The van der Waals surface area contributed by atoms with Crippen LogP contribution >= 0.6 is 0 Å². The zero-order chi connectivity index (χ0) is 13.7. The predicted octanol–water partition coefficient (Wildman–Crippen LogP) is 1.89. The third-order valence-corrected chi connectivity index (χ3v) is 2.84. The highest BCUT2D eigenvalue weighted by atomic mass is 16.3. The van der Waals surface area contributed by atoms with Crippen molar-refractivity contribution in [2.75, 3.05) is 23.7 Å². The highest BCUT2D eigenvalue weighted by molar-refractivity contribution is 5.68. The van der Waals surface area contributed by atoms with Gasteiger partial charge in [-0.3, -0.25) is 0 Å². The van der Waals surface area contributed by atoms with E-state index in [1.54, 1.807) is 13.8 Å². The summed E-state index contributed by atoms with van der Waals surface area (Å²) in [6, 6.07) is 4.04. The Hall–Kier alpha value is -1.26. The Bertz CT molecular complexity index is 390. The van der Waals surface area contributed by atoms with Crippen LogP contribution in [0, 0.1) is 13.8 Å².